The lowest BCUT2D eigenvalue weighted by atomic mass is 9.62. The molecule has 86 valence electrons. The number of carbonyl (C=O) groups is 1. The Kier molecular flexibility index (Phi) is 2.20. The van der Waals surface area contributed by atoms with E-state index in [1.165, 1.54) is 4.90 Å². The molecule has 1 saturated heterocycles. The molecule has 1 aliphatic heterocycles. The van der Waals surface area contributed by atoms with Crippen molar-refractivity contribution in [2.45, 2.75) is 18.9 Å². The molecular formula is C8H13NO5S. The lowest BCUT2D eigenvalue weighted by molar-refractivity contribution is -0.104. The fraction of sp³-hybridized carbons (Fsp3) is 0.875. The van der Waals surface area contributed by atoms with Gasteiger partial charge in [-0.15, -0.1) is 0 Å². The van der Waals surface area contributed by atoms with Crippen molar-refractivity contribution in [1.29, 1.82) is 0 Å². The molecule has 0 aromatic rings. The van der Waals surface area contributed by atoms with E-state index in [9.17, 15) is 13.2 Å². The quantitative estimate of drug-likeness (QED) is 0.686. The molecule has 1 aliphatic carbocycles. The predicted octanol–water partition coefficient (Wildman–Crippen LogP) is 0.105. The zero-order valence-corrected chi connectivity index (χ0v) is 9.16. The Balaban J connectivity index is 1.78. The van der Waals surface area contributed by atoms with Crippen LogP contribution in [0, 0.1) is 5.41 Å². The average Bonchev–Trinajstić information content (AvgIpc) is 1.87. The Labute approximate surface area is 87.9 Å². The van der Waals surface area contributed by atoms with Crippen molar-refractivity contribution in [3.8, 4) is 0 Å². The zero-order chi connectivity index (χ0) is 11.3. The molecule has 0 unspecified atom stereocenters. The Bertz CT molecular complexity index is 376. The first-order valence-electron chi connectivity index (χ1n) is 4.66. The second-order valence-electron chi connectivity index (χ2n) is 4.47. The van der Waals surface area contributed by atoms with Gasteiger partial charge in [0.05, 0.1) is 12.4 Å². The van der Waals surface area contributed by atoms with Crippen LogP contribution in [-0.4, -0.2) is 50.0 Å². The molecule has 2 rings (SSSR count). The molecule has 0 bridgehead atoms. The summed E-state index contributed by atoms with van der Waals surface area (Å²) in [6.45, 7) is 1.01. The van der Waals surface area contributed by atoms with Gasteiger partial charge in [0.15, 0.2) is 0 Å². The minimum Gasteiger partial charge on any atom is -0.465 e. The maximum Gasteiger partial charge on any atom is 0.407 e. The van der Waals surface area contributed by atoms with Crippen LogP contribution in [0.4, 0.5) is 4.79 Å². The van der Waals surface area contributed by atoms with Gasteiger partial charge in [-0.2, -0.15) is 8.42 Å². The zero-order valence-electron chi connectivity index (χ0n) is 8.34. The summed E-state index contributed by atoms with van der Waals surface area (Å²) in [4.78, 5) is 11.8. The smallest absolute Gasteiger partial charge is 0.407 e. The fourth-order valence-corrected chi connectivity index (χ4v) is 3.01. The van der Waals surface area contributed by atoms with Crippen LogP contribution in [0.15, 0.2) is 0 Å². The number of carboxylic acid groups (broad SMARTS) is 1. The lowest BCUT2D eigenvalue weighted by Crippen LogP contribution is -2.65. The van der Waals surface area contributed by atoms with E-state index in [1.807, 2.05) is 0 Å². The molecular weight excluding hydrogens is 222 g/mol. The fourth-order valence-electron chi connectivity index (χ4n) is 2.38. The van der Waals surface area contributed by atoms with Crippen LogP contribution in [0.1, 0.15) is 12.8 Å². The predicted molar refractivity (Wildman–Crippen MR) is 51.0 cm³/mol. The first-order valence-corrected chi connectivity index (χ1v) is 6.47. The number of rotatable bonds is 2. The number of nitrogens with zero attached hydrogens (tertiary/aromatic N) is 1. The van der Waals surface area contributed by atoms with Crippen LogP contribution in [0.2, 0.25) is 0 Å². The Hall–Kier alpha value is -0.820. The Morgan fingerprint density at radius 1 is 1.47 bits per heavy atom. The van der Waals surface area contributed by atoms with E-state index in [4.69, 9.17) is 9.29 Å². The van der Waals surface area contributed by atoms with Gasteiger partial charge in [0.2, 0.25) is 0 Å². The summed E-state index contributed by atoms with van der Waals surface area (Å²) in [5.41, 5.74) is -0.00620. The highest BCUT2D eigenvalue weighted by molar-refractivity contribution is 7.86. The summed E-state index contributed by atoms with van der Waals surface area (Å²) in [5.74, 6) is 0. The molecule has 1 spiro atoms. The molecule has 1 saturated carbocycles. The van der Waals surface area contributed by atoms with Gasteiger partial charge in [-0.05, 0) is 12.8 Å². The minimum atomic E-state index is -3.38. The van der Waals surface area contributed by atoms with Crippen molar-refractivity contribution < 1.29 is 22.5 Å². The van der Waals surface area contributed by atoms with Gasteiger partial charge < -0.3 is 10.0 Å². The molecule has 2 fully saturated rings. The SMILES string of the molecule is CS(=O)(=O)OC1CC2(C1)CN(C(=O)O)C2. The highest BCUT2D eigenvalue weighted by atomic mass is 32.2. The van der Waals surface area contributed by atoms with Crippen LogP contribution in [0.5, 0.6) is 0 Å². The average molecular weight is 235 g/mol. The van der Waals surface area contributed by atoms with E-state index < -0.39 is 16.2 Å². The minimum absolute atomic E-state index is 0.00620. The first-order chi connectivity index (χ1) is 6.80. The van der Waals surface area contributed by atoms with Crippen LogP contribution >= 0.6 is 0 Å². The Morgan fingerprint density at radius 2 is 2.00 bits per heavy atom. The Morgan fingerprint density at radius 3 is 2.40 bits per heavy atom. The highest BCUT2D eigenvalue weighted by Gasteiger charge is 2.55. The number of hydrogen-bond donors (Lipinski definition) is 1. The summed E-state index contributed by atoms with van der Waals surface area (Å²) in [6, 6.07) is 0. The second-order valence-corrected chi connectivity index (χ2v) is 6.07. The van der Waals surface area contributed by atoms with E-state index in [0.29, 0.717) is 25.9 Å². The van der Waals surface area contributed by atoms with Crippen molar-refractivity contribution >= 4 is 16.2 Å². The van der Waals surface area contributed by atoms with E-state index in [1.54, 1.807) is 0 Å². The molecule has 2 aliphatic rings. The van der Waals surface area contributed by atoms with Gasteiger partial charge >= 0.3 is 6.09 Å². The molecule has 0 atom stereocenters. The summed E-state index contributed by atoms with van der Waals surface area (Å²) in [6.07, 6.45) is 1.15. The standard InChI is InChI=1S/C8H13NO5S/c1-15(12,13)14-6-2-8(3-6)4-9(5-8)7(10)11/h6H,2-5H2,1H3,(H,10,11). The maximum absolute atomic E-state index is 10.8. The van der Waals surface area contributed by atoms with Crippen molar-refractivity contribution in [2.75, 3.05) is 19.3 Å². The van der Waals surface area contributed by atoms with E-state index in [2.05, 4.69) is 0 Å². The van der Waals surface area contributed by atoms with Crippen molar-refractivity contribution in [3.63, 3.8) is 0 Å². The summed E-state index contributed by atoms with van der Waals surface area (Å²) in [7, 11) is -3.38. The van der Waals surface area contributed by atoms with Crippen LogP contribution in [-0.2, 0) is 14.3 Å². The lowest BCUT2D eigenvalue weighted by Gasteiger charge is -2.57. The van der Waals surface area contributed by atoms with E-state index in [-0.39, 0.29) is 11.5 Å². The maximum atomic E-state index is 10.8. The highest BCUT2D eigenvalue weighted by Crippen LogP contribution is 2.49. The van der Waals surface area contributed by atoms with Gasteiger partial charge in [0, 0.05) is 18.5 Å². The van der Waals surface area contributed by atoms with Crippen molar-refractivity contribution in [2.24, 2.45) is 5.41 Å². The van der Waals surface area contributed by atoms with E-state index >= 15 is 0 Å². The van der Waals surface area contributed by atoms with Crippen LogP contribution in [0.25, 0.3) is 0 Å². The van der Waals surface area contributed by atoms with Gasteiger partial charge in [0.1, 0.15) is 0 Å². The van der Waals surface area contributed by atoms with Crippen molar-refractivity contribution in [1.82, 2.24) is 4.90 Å². The number of amides is 1. The largest absolute Gasteiger partial charge is 0.465 e. The van der Waals surface area contributed by atoms with E-state index in [0.717, 1.165) is 6.26 Å². The molecule has 7 heteroatoms. The molecule has 1 heterocycles. The third-order valence-electron chi connectivity index (χ3n) is 2.96. The molecule has 1 N–H and O–H groups in total. The van der Waals surface area contributed by atoms with Crippen molar-refractivity contribution in [3.05, 3.63) is 0 Å². The van der Waals surface area contributed by atoms with Gasteiger partial charge in [0.25, 0.3) is 10.1 Å². The van der Waals surface area contributed by atoms with Gasteiger partial charge in [-0.3, -0.25) is 4.18 Å². The first kappa shape index (κ1) is 10.7. The topological polar surface area (TPSA) is 83.9 Å². The van der Waals surface area contributed by atoms with Crippen LogP contribution in [0.3, 0.4) is 0 Å². The molecule has 0 aromatic carbocycles. The third-order valence-corrected chi connectivity index (χ3v) is 3.58. The number of hydrogen-bond acceptors (Lipinski definition) is 4. The monoisotopic (exact) mass is 235 g/mol. The summed E-state index contributed by atoms with van der Waals surface area (Å²) < 4.78 is 26.4. The summed E-state index contributed by atoms with van der Waals surface area (Å²) >= 11 is 0. The molecule has 0 aromatic heterocycles. The molecule has 6 nitrogen and oxygen atoms in total. The second kappa shape index (κ2) is 3.08. The van der Waals surface area contributed by atoms with Crippen LogP contribution < -0.4 is 0 Å². The number of likely N-dealkylation sites (tertiary alicyclic amines) is 1. The van der Waals surface area contributed by atoms with Gasteiger partial charge in [-0.25, -0.2) is 4.79 Å². The molecule has 0 radical (unpaired) electrons. The third kappa shape index (κ3) is 2.07. The summed E-state index contributed by atoms with van der Waals surface area (Å²) in [5, 5.41) is 8.64. The van der Waals surface area contributed by atoms with Gasteiger partial charge in [-0.1, -0.05) is 0 Å². The molecule has 15 heavy (non-hydrogen) atoms. The normalized spacial score (nSPS) is 24.7. The molecule has 1 amide bonds.